The van der Waals surface area contributed by atoms with Gasteiger partial charge in [0.05, 0.1) is 6.10 Å². The van der Waals surface area contributed by atoms with Crippen molar-refractivity contribution in [3.63, 3.8) is 0 Å². The Morgan fingerprint density at radius 2 is 2.36 bits per heavy atom. The largest absolute Gasteiger partial charge is 0.378 e. The molecule has 2 unspecified atom stereocenters. The SMILES string of the molecule is CCCC1(CN)CCOC1C. The summed E-state index contributed by atoms with van der Waals surface area (Å²) in [6.45, 7) is 6.04. The molecule has 0 bridgehead atoms. The minimum Gasteiger partial charge on any atom is -0.378 e. The van der Waals surface area contributed by atoms with Crippen LogP contribution in [0.15, 0.2) is 0 Å². The van der Waals surface area contributed by atoms with Crippen molar-refractivity contribution in [2.24, 2.45) is 11.1 Å². The predicted molar refractivity (Wildman–Crippen MR) is 46.4 cm³/mol. The molecule has 0 aromatic rings. The molecule has 0 aromatic carbocycles. The third-order valence-electron chi connectivity index (χ3n) is 2.98. The number of hydrogen-bond acceptors (Lipinski definition) is 2. The van der Waals surface area contributed by atoms with E-state index in [0.717, 1.165) is 19.6 Å². The zero-order valence-corrected chi connectivity index (χ0v) is 7.60. The van der Waals surface area contributed by atoms with E-state index in [0.29, 0.717) is 11.5 Å². The normalized spacial score (nSPS) is 37.9. The van der Waals surface area contributed by atoms with Gasteiger partial charge in [-0.1, -0.05) is 13.3 Å². The predicted octanol–water partition coefficient (Wildman–Crippen LogP) is 1.54. The lowest BCUT2D eigenvalue weighted by molar-refractivity contribution is 0.0626. The molecular weight excluding hydrogens is 138 g/mol. The van der Waals surface area contributed by atoms with Crippen LogP contribution >= 0.6 is 0 Å². The summed E-state index contributed by atoms with van der Waals surface area (Å²) in [4.78, 5) is 0. The highest BCUT2D eigenvalue weighted by molar-refractivity contribution is 4.89. The van der Waals surface area contributed by atoms with Crippen LogP contribution < -0.4 is 5.73 Å². The molecule has 2 N–H and O–H groups in total. The summed E-state index contributed by atoms with van der Waals surface area (Å²) < 4.78 is 5.53. The maximum atomic E-state index is 5.77. The van der Waals surface area contributed by atoms with Crippen molar-refractivity contribution in [2.75, 3.05) is 13.2 Å². The molecule has 2 heteroatoms. The third-order valence-corrected chi connectivity index (χ3v) is 2.98. The molecular formula is C9H19NO. The zero-order chi connectivity index (χ0) is 8.32. The lowest BCUT2D eigenvalue weighted by Gasteiger charge is -2.30. The first kappa shape index (κ1) is 9.01. The highest BCUT2D eigenvalue weighted by Gasteiger charge is 2.39. The van der Waals surface area contributed by atoms with Crippen LogP contribution in [0.5, 0.6) is 0 Å². The molecule has 0 amide bonds. The Bertz CT molecular complexity index is 127. The number of nitrogens with two attached hydrogens (primary N) is 1. The second kappa shape index (κ2) is 3.55. The van der Waals surface area contributed by atoms with Gasteiger partial charge in [-0.3, -0.25) is 0 Å². The van der Waals surface area contributed by atoms with Crippen molar-refractivity contribution in [1.82, 2.24) is 0 Å². The van der Waals surface area contributed by atoms with Crippen molar-refractivity contribution >= 4 is 0 Å². The van der Waals surface area contributed by atoms with E-state index in [2.05, 4.69) is 13.8 Å². The standard InChI is InChI=1S/C9H19NO/c1-3-4-9(7-10)5-6-11-8(9)2/h8H,3-7,10H2,1-2H3. The summed E-state index contributed by atoms with van der Waals surface area (Å²) >= 11 is 0. The molecule has 0 spiro atoms. The molecule has 1 fully saturated rings. The van der Waals surface area contributed by atoms with Gasteiger partial charge in [0, 0.05) is 18.6 Å². The van der Waals surface area contributed by atoms with Crippen molar-refractivity contribution in [1.29, 1.82) is 0 Å². The van der Waals surface area contributed by atoms with Gasteiger partial charge in [0.25, 0.3) is 0 Å². The smallest absolute Gasteiger partial charge is 0.0616 e. The molecule has 0 aromatic heterocycles. The lowest BCUT2D eigenvalue weighted by Crippen LogP contribution is -2.36. The summed E-state index contributed by atoms with van der Waals surface area (Å²) in [5.74, 6) is 0. The molecule has 11 heavy (non-hydrogen) atoms. The molecule has 2 atom stereocenters. The molecule has 1 rings (SSSR count). The molecule has 0 aliphatic carbocycles. The summed E-state index contributed by atoms with van der Waals surface area (Å²) in [6.07, 6.45) is 3.95. The summed E-state index contributed by atoms with van der Waals surface area (Å²) in [5, 5.41) is 0. The lowest BCUT2D eigenvalue weighted by atomic mass is 9.78. The Kier molecular flexibility index (Phi) is 2.90. The van der Waals surface area contributed by atoms with Gasteiger partial charge in [0.1, 0.15) is 0 Å². The van der Waals surface area contributed by atoms with Crippen LogP contribution in [-0.2, 0) is 4.74 Å². The molecule has 1 aliphatic rings. The Labute approximate surface area is 69.1 Å². The van der Waals surface area contributed by atoms with E-state index in [1.165, 1.54) is 12.8 Å². The Morgan fingerprint density at radius 3 is 2.73 bits per heavy atom. The van der Waals surface area contributed by atoms with Crippen LogP contribution in [0.3, 0.4) is 0 Å². The monoisotopic (exact) mass is 157 g/mol. The van der Waals surface area contributed by atoms with Crippen LogP contribution in [0.1, 0.15) is 33.1 Å². The van der Waals surface area contributed by atoms with Gasteiger partial charge in [-0.25, -0.2) is 0 Å². The second-order valence-corrected chi connectivity index (χ2v) is 3.58. The van der Waals surface area contributed by atoms with E-state index in [4.69, 9.17) is 10.5 Å². The van der Waals surface area contributed by atoms with Gasteiger partial charge in [0.15, 0.2) is 0 Å². The molecule has 0 radical (unpaired) electrons. The summed E-state index contributed by atoms with van der Waals surface area (Å²) in [5.41, 5.74) is 6.07. The van der Waals surface area contributed by atoms with Crippen LogP contribution in [0.4, 0.5) is 0 Å². The molecule has 1 saturated heterocycles. The maximum Gasteiger partial charge on any atom is 0.0616 e. The highest BCUT2D eigenvalue weighted by Crippen LogP contribution is 2.37. The van der Waals surface area contributed by atoms with Crippen molar-refractivity contribution < 1.29 is 4.74 Å². The van der Waals surface area contributed by atoms with E-state index in [1.54, 1.807) is 0 Å². The zero-order valence-electron chi connectivity index (χ0n) is 7.60. The number of hydrogen-bond donors (Lipinski definition) is 1. The topological polar surface area (TPSA) is 35.2 Å². The Morgan fingerprint density at radius 1 is 1.64 bits per heavy atom. The van der Waals surface area contributed by atoms with Crippen LogP contribution in [0.25, 0.3) is 0 Å². The Balaban J connectivity index is 2.57. The first-order valence-electron chi connectivity index (χ1n) is 4.57. The van der Waals surface area contributed by atoms with E-state index >= 15 is 0 Å². The average Bonchev–Trinajstić information content (AvgIpc) is 2.35. The third kappa shape index (κ3) is 1.57. The van der Waals surface area contributed by atoms with Crippen LogP contribution in [0, 0.1) is 5.41 Å². The Hall–Kier alpha value is -0.0800. The van der Waals surface area contributed by atoms with Gasteiger partial charge in [0.2, 0.25) is 0 Å². The fourth-order valence-corrected chi connectivity index (χ4v) is 2.02. The fourth-order valence-electron chi connectivity index (χ4n) is 2.02. The number of ether oxygens (including phenoxy) is 1. The molecule has 1 heterocycles. The molecule has 1 aliphatic heterocycles. The first-order chi connectivity index (χ1) is 5.25. The van der Waals surface area contributed by atoms with Crippen molar-refractivity contribution in [3.8, 4) is 0 Å². The first-order valence-corrected chi connectivity index (χ1v) is 4.57. The highest BCUT2D eigenvalue weighted by atomic mass is 16.5. The molecule has 0 saturated carbocycles. The van der Waals surface area contributed by atoms with Crippen molar-refractivity contribution in [2.45, 2.75) is 39.2 Å². The van der Waals surface area contributed by atoms with Gasteiger partial charge in [-0.05, 0) is 19.8 Å². The van der Waals surface area contributed by atoms with Crippen molar-refractivity contribution in [3.05, 3.63) is 0 Å². The van der Waals surface area contributed by atoms with Crippen LogP contribution in [-0.4, -0.2) is 19.3 Å². The average molecular weight is 157 g/mol. The minimum absolute atomic E-state index is 0.300. The second-order valence-electron chi connectivity index (χ2n) is 3.58. The maximum absolute atomic E-state index is 5.77. The van der Waals surface area contributed by atoms with E-state index < -0.39 is 0 Å². The van der Waals surface area contributed by atoms with E-state index in [-0.39, 0.29) is 0 Å². The van der Waals surface area contributed by atoms with Gasteiger partial charge >= 0.3 is 0 Å². The number of rotatable bonds is 3. The van der Waals surface area contributed by atoms with Gasteiger partial charge in [-0.15, -0.1) is 0 Å². The molecule has 66 valence electrons. The minimum atomic E-state index is 0.300. The van der Waals surface area contributed by atoms with E-state index in [1.807, 2.05) is 0 Å². The van der Waals surface area contributed by atoms with E-state index in [9.17, 15) is 0 Å². The van der Waals surface area contributed by atoms with Crippen LogP contribution in [0.2, 0.25) is 0 Å². The summed E-state index contributed by atoms with van der Waals surface area (Å²) in [7, 11) is 0. The quantitative estimate of drug-likeness (QED) is 0.674. The molecule has 2 nitrogen and oxygen atoms in total. The fraction of sp³-hybridized carbons (Fsp3) is 1.00. The summed E-state index contributed by atoms with van der Waals surface area (Å²) in [6, 6.07) is 0. The van der Waals surface area contributed by atoms with Gasteiger partial charge < -0.3 is 10.5 Å². The van der Waals surface area contributed by atoms with Gasteiger partial charge in [-0.2, -0.15) is 0 Å².